The molecule has 0 saturated heterocycles. The van der Waals surface area contributed by atoms with E-state index in [4.69, 9.17) is 0 Å². The molecule has 0 atom stereocenters. The first-order valence-electron chi connectivity index (χ1n) is 21.8. The van der Waals surface area contributed by atoms with E-state index in [0.29, 0.717) is 0 Å². The van der Waals surface area contributed by atoms with Crippen molar-refractivity contribution in [3.63, 3.8) is 0 Å². The van der Waals surface area contributed by atoms with Crippen LogP contribution in [0.3, 0.4) is 0 Å². The fraction of sp³-hybridized carbons (Fsp3) is 0.0164. The minimum absolute atomic E-state index is 0.676. The average Bonchev–Trinajstić information content (AvgIpc) is 3.66. The maximum absolute atomic E-state index is 2.52. The van der Waals surface area contributed by atoms with E-state index in [1.54, 1.807) is 0 Å². The first-order chi connectivity index (χ1) is 31.3. The fourth-order valence-corrected chi connectivity index (χ4v) is 10.4. The minimum atomic E-state index is -0.676. The van der Waals surface area contributed by atoms with Gasteiger partial charge in [0.2, 0.25) is 0 Å². The highest BCUT2D eigenvalue weighted by Crippen LogP contribution is 2.61. The summed E-state index contributed by atoms with van der Waals surface area (Å²) in [4.78, 5) is 4.92. The molecule has 0 fully saturated rings. The number of anilines is 6. The van der Waals surface area contributed by atoms with E-state index >= 15 is 0 Å². The van der Waals surface area contributed by atoms with Crippen LogP contribution in [0.5, 0.6) is 0 Å². The predicted octanol–water partition coefficient (Wildman–Crippen LogP) is 16.4. The molecular formula is C61H42N2. The lowest BCUT2D eigenvalue weighted by atomic mass is 9.67. The van der Waals surface area contributed by atoms with Crippen molar-refractivity contribution in [2.75, 3.05) is 9.80 Å². The molecule has 11 aromatic carbocycles. The average molecular weight is 803 g/mol. The van der Waals surface area contributed by atoms with Crippen LogP contribution in [0.1, 0.15) is 22.3 Å². The third-order valence-corrected chi connectivity index (χ3v) is 13.1. The number of fused-ring (bicyclic) bond motifs is 7. The Hall–Kier alpha value is -8.20. The molecule has 11 aromatic rings. The number of nitrogens with zero attached hydrogens (tertiary/aromatic N) is 2. The third kappa shape index (κ3) is 5.80. The lowest BCUT2D eigenvalue weighted by Crippen LogP contribution is -2.29. The molecule has 0 heterocycles. The first-order valence-corrected chi connectivity index (χ1v) is 21.8. The number of hydrogen-bond acceptors (Lipinski definition) is 2. The lowest BCUT2D eigenvalue weighted by molar-refractivity contribution is 0.769. The standard InChI is InChI=1S/C61H42N2/c1-5-25-45(26-6-1)61(46-27-7-2-8-28-46)55-41-49(62(47-29-9-3-10-30-47)57-37-19-23-43-21-13-15-33-50(43)57)39-40-54(55)60-53-36-18-17-35-52(53)59(42-56(60)61)63(48-31-11-4-12-32-48)58-38-20-24-44-22-14-16-34-51(44)58/h1-42H. The summed E-state index contributed by atoms with van der Waals surface area (Å²) in [5, 5.41) is 7.24. The SMILES string of the molecule is c1ccc(N(c2ccc3c(c2)C(c2ccccc2)(c2ccccc2)c2cc(N(c4ccccc4)c4cccc5ccccc45)c4ccccc4c2-3)c2cccc3ccccc23)cc1. The van der Waals surface area contributed by atoms with Gasteiger partial charge in [0.15, 0.2) is 0 Å². The van der Waals surface area contributed by atoms with Crippen LogP contribution in [0.15, 0.2) is 255 Å². The molecule has 12 rings (SSSR count). The van der Waals surface area contributed by atoms with Crippen molar-refractivity contribution in [2.24, 2.45) is 0 Å². The highest BCUT2D eigenvalue weighted by molar-refractivity contribution is 6.13. The largest absolute Gasteiger partial charge is 0.310 e. The number of benzene rings is 11. The molecule has 0 bridgehead atoms. The van der Waals surface area contributed by atoms with E-state index in [2.05, 4.69) is 265 Å². The van der Waals surface area contributed by atoms with Gasteiger partial charge in [-0.05, 0) is 104 Å². The second-order valence-corrected chi connectivity index (χ2v) is 16.4. The maximum Gasteiger partial charge on any atom is 0.0715 e. The Morgan fingerprint density at radius 2 is 0.714 bits per heavy atom. The van der Waals surface area contributed by atoms with Gasteiger partial charge in [0.25, 0.3) is 0 Å². The van der Waals surface area contributed by atoms with Crippen molar-refractivity contribution < 1.29 is 0 Å². The molecule has 2 nitrogen and oxygen atoms in total. The van der Waals surface area contributed by atoms with Crippen LogP contribution in [-0.2, 0) is 5.41 Å². The summed E-state index contributed by atoms with van der Waals surface area (Å²) in [7, 11) is 0. The Kier molecular flexibility index (Phi) is 8.76. The second kappa shape index (κ2) is 15.1. The highest BCUT2D eigenvalue weighted by Gasteiger charge is 2.48. The van der Waals surface area contributed by atoms with Crippen molar-refractivity contribution in [3.8, 4) is 11.1 Å². The second-order valence-electron chi connectivity index (χ2n) is 16.4. The Balaban J connectivity index is 1.21. The third-order valence-electron chi connectivity index (χ3n) is 13.1. The smallest absolute Gasteiger partial charge is 0.0715 e. The van der Waals surface area contributed by atoms with Gasteiger partial charge in [-0.15, -0.1) is 0 Å². The van der Waals surface area contributed by atoms with E-state index in [1.165, 1.54) is 65.7 Å². The van der Waals surface area contributed by atoms with Crippen LogP contribution in [0.2, 0.25) is 0 Å². The summed E-state index contributed by atoms with van der Waals surface area (Å²) >= 11 is 0. The van der Waals surface area contributed by atoms with E-state index in [0.717, 1.165) is 34.1 Å². The van der Waals surface area contributed by atoms with Crippen LogP contribution in [0, 0.1) is 0 Å². The molecule has 1 aliphatic carbocycles. The van der Waals surface area contributed by atoms with Crippen molar-refractivity contribution in [1.82, 2.24) is 0 Å². The quantitative estimate of drug-likeness (QED) is 0.151. The number of para-hydroxylation sites is 2. The molecule has 0 aliphatic heterocycles. The van der Waals surface area contributed by atoms with Crippen molar-refractivity contribution in [2.45, 2.75) is 5.41 Å². The molecule has 0 saturated carbocycles. The molecule has 1 aliphatic rings. The normalized spacial score (nSPS) is 12.6. The van der Waals surface area contributed by atoms with Crippen LogP contribution in [0.25, 0.3) is 43.4 Å². The van der Waals surface area contributed by atoms with Gasteiger partial charge in [0.05, 0.1) is 22.5 Å². The molecule has 296 valence electrons. The van der Waals surface area contributed by atoms with Gasteiger partial charge in [-0.2, -0.15) is 0 Å². The van der Waals surface area contributed by atoms with E-state index in [1.807, 2.05) is 0 Å². The Morgan fingerprint density at radius 1 is 0.270 bits per heavy atom. The zero-order valence-corrected chi connectivity index (χ0v) is 34.6. The Morgan fingerprint density at radius 3 is 1.29 bits per heavy atom. The van der Waals surface area contributed by atoms with Gasteiger partial charge in [-0.3, -0.25) is 0 Å². The predicted molar refractivity (Wildman–Crippen MR) is 266 cm³/mol. The summed E-state index contributed by atoms with van der Waals surface area (Å²) < 4.78 is 0. The Bertz CT molecular complexity index is 3400. The molecule has 0 amide bonds. The van der Waals surface area contributed by atoms with Gasteiger partial charge >= 0.3 is 0 Å². The summed E-state index contributed by atoms with van der Waals surface area (Å²) in [5.41, 5.74) is 13.5. The molecule has 0 aromatic heterocycles. The van der Waals surface area contributed by atoms with Gasteiger partial charge in [-0.1, -0.05) is 200 Å². The van der Waals surface area contributed by atoms with Gasteiger partial charge < -0.3 is 9.80 Å². The number of hydrogen-bond donors (Lipinski definition) is 0. The minimum Gasteiger partial charge on any atom is -0.310 e. The van der Waals surface area contributed by atoms with Crippen LogP contribution >= 0.6 is 0 Å². The molecule has 63 heavy (non-hydrogen) atoms. The molecular weight excluding hydrogens is 761 g/mol. The van der Waals surface area contributed by atoms with Gasteiger partial charge in [0.1, 0.15) is 0 Å². The van der Waals surface area contributed by atoms with Crippen LogP contribution in [0.4, 0.5) is 34.1 Å². The van der Waals surface area contributed by atoms with Crippen molar-refractivity contribution >= 4 is 66.4 Å². The zero-order chi connectivity index (χ0) is 41.7. The highest BCUT2D eigenvalue weighted by atomic mass is 15.2. The summed E-state index contributed by atoms with van der Waals surface area (Å²) in [6.45, 7) is 0. The van der Waals surface area contributed by atoms with Crippen molar-refractivity contribution in [1.29, 1.82) is 0 Å². The van der Waals surface area contributed by atoms with Crippen LogP contribution in [-0.4, -0.2) is 0 Å². The molecule has 2 heteroatoms. The first kappa shape index (κ1) is 36.6. The van der Waals surface area contributed by atoms with E-state index in [-0.39, 0.29) is 0 Å². The lowest BCUT2D eigenvalue weighted by Gasteiger charge is -2.36. The Labute approximate surface area is 368 Å². The molecule has 0 unspecified atom stereocenters. The molecule has 0 N–H and O–H groups in total. The summed E-state index contributed by atoms with van der Waals surface area (Å²) in [6.07, 6.45) is 0. The summed E-state index contributed by atoms with van der Waals surface area (Å²) in [6, 6.07) is 93.5. The number of rotatable bonds is 8. The molecule has 0 radical (unpaired) electrons. The topological polar surface area (TPSA) is 6.48 Å². The van der Waals surface area contributed by atoms with Gasteiger partial charge in [-0.25, -0.2) is 0 Å². The van der Waals surface area contributed by atoms with E-state index < -0.39 is 5.41 Å². The van der Waals surface area contributed by atoms with Crippen molar-refractivity contribution in [3.05, 3.63) is 277 Å². The van der Waals surface area contributed by atoms with E-state index in [9.17, 15) is 0 Å². The maximum atomic E-state index is 2.52. The zero-order valence-electron chi connectivity index (χ0n) is 34.6. The van der Waals surface area contributed by atoms with Crippen LogP contribution < -0.4 is 9.80 Å². The van der Waals surface area contributed by atoms with Gasteiger partial charge in [0, 0.05) is 33.2 Å². The monoisotopic (exact) mass is 802 g/mol. The fourth-order valence-electron chi connectivity index (χ4n) is 10.4. The molecule has 0 spiro atoms. The summed E-state index contributed by atoms with van der Waals surface area (Å²) in [5.74, 6) is 0.